The molecule has 26 heavy (non-hydrogen) atoms. The largest absolute Gasteiger partial charge is 0.347 e. The summed E-state index contributed by atoms with van der Waals surface area (Å²) in [5.41, 5.74) is 0.342. The summed E-state index contributed by atoms with van der Waals surface area (Å²) in [4.78, 5) is 12.5. The van der Waals surface area contributed by atoms with E-state index < -0.39 is 14.9 Å². The van der Waals surface area contributed by atoms with Crippen molar-refractivity contribution in [2.24, 2.45) is 5.14 Å². The Morgan fingerprint density at radius 2 is 2.04 bits per heavy atom. The molecular weight excluding hydrogens is 360 g/mol. The fourth-order valence-corrected chi connectivity index (χ4v) is 2.97. The highest BCUT2D eigenvalue weighted by Crippen LogP contribution is 2.29. The highest BCUT2D eigenvalue weighted by molar-refractivity contribution is 7.89. The molecule has 2 rings (SSSR count). The second-order valence-corrected chi connectivity index (χ2v) is 7.19. The van der Waals surface area contributed by atoms with Crippen LogP contribution in [0.4, 0.5) is 17.1 Å². The summed E-state index contributed by atoms with van der Waals surface area (Å²) in [6.45, 7) is 7.61. The zero-order chi connectivity index (χ0) is 19.3. The summed E-state index contributed by atoms with van der Waals surface area (Å²) in [5, 5.41) is 23.4. The lowest BCUT2D eigenvalue weighted by Gasteiger charge is -2.17. The van der Waals surface area contributed by atoms with Crippen molar-refractivity contribution in [2.45, 2.75) is 25.3 Å². The molecule has 0 atom stereocenters. The van der Waals surface area contributed by atoms with Crippen molar-refractivity contribution >= 4 is 27.1 Å². The third kappa shape index (κ3) is 5.00. The zero-order valence-electron chi connectivity index (χ0n) is 14.6. The molecule has 0 saturated heterocycles. The van der Waals surface area contributed by atoms with Gasteiger partial charge in [0.15, 0.2) is 0 Å². The van der Waals surface area contributed by atoms with Gasteiger partial charge in [-0.3, -0.25) is 14.8 Å². The Balaban J connectivity index is 2.17. The van der Waals surface area contributed by atoms with Crippen molar-refractivity contribution < 1.29 is 13.3 Å². The fraction of sp³-hybridized carbons (Fsp3) is 0.400. The number of hydrogen-bond acceptors (Lipinski definition) is 7. The van der Waals surface area contributed by atoms with Crippen molar-refractivity contribution in [3.8, 4) is 0 Å². The van der Waals surface area contributed by atoms with E-state index in [9.17, 15) is 18.5 Å². The summed E-state index contributed by atoms with van der Waals surface area (Å²) in [5.74, 6) is 0. The standard InChI is InChI=1S/C15H22N6O4S/c1-3-19(4-2)7-8-20-11-12(10-17-20)18-14-6-5-13(26(16,24)25)9-15(14)21(22)23/h5-6,9-11,18H,3-4,7-8H2,1-2H3,(H2,16,24,25). The first kappa shape index (κ1) is 19.8. The highest BCUT2D eigenvalue weighted by atomic mass is 32.2. The molecule has 1 aromatic carbocycles. The number of likely N-dealkylation sites (N-methyl/N-ethyl adjacent to an activating group) is 1. The maximum Gasteiger partial charge on any atom is 0.294 e. The minimum absolute atomic E-state index is 0.158. The number of primary sulfonamides is 1. The zero-order valence-corrected chi connectivity index (χ0v) is 15.4. The van der Waals surface area contributed by atoms with E-state index in [1.165, 1.54) is 12.1 Å². The van der Waals surface area contributed by atoms with Gasteiger partial charge in [0.1, 0.15) is 5.69 Å². The summed E-state index contributed by atoms with van der Waals surface area (Å²) in [7, 11) is -4.02. The number of sulfonamides is 1. The average Bonchev–Trinajstić information content (AvgIpc) is 3.02. The molecule has 1 aromatic heterocycles. The highest BCUT2D eigenvalue weighted by Gasteiger charge is 2.19. The van der Waals surface area contributed by atoms with Gasteiger partial charge in [0.2, 0.25) is 10.0 Å². The first-order valence-corrected chi connectivity index (χ1v) is 9.62. The van der Waals surface area contributed by atoms with E-state index in [-0.39, 0.29) is 16.3 Å². The predicted octanol–water partition coefficient (Wildman–Crippen LogP) is 1.52. The molecule has 0 spiro atoms. The van der Waals surface area contributed by atoms with Crippen LogP contribution in [0, 0.1) is 10.1 Å². The second kappa shape index (κ2) is 8.25. The van der Waals surface area contributed by atoms with Crippen LogP contribution in [0.15, 0.2) is 35.5 Å². The Hall–Kier alpha value is -2.50. The summed E-state index contributed by atoms with van der Waals surface area (Å²) >= 11 is 0. The molecule has 1 heterocycles. The molecule has 0 bridgehead atoms. The van der Waals surface area contributed by atoms with Crippen LogP contribution >= 0.6 is 0 Å². The quantitative estimate of drug-likeness (QED) is 0.495. The van der Waals surface area contributed by atoms with E-state index in [0.29, 0.717) is 12.2 Å². The number of aromatic nitrogens is 2. The molecule has 0 unspecified atom stereocenters. The number of anilines is 2. The SMILES string of the molecule is CCN(CC)CCn1cc(Nc2ccc(S(N)(=O)=O)cc2[N+](=O)[O-])cn1. The molecule has 0 aliphatic carbocycles. The van der Waals surface area contributed by atoms with Crippen LogP contribution in [0.3, 0.4) is 0 Å². The molecule has 0 amide bonds. The number of nitro benzene ring substituents is 1. The molecule has 2 aromatic rings. The van der Waals surface area contributed by atoms with Crippen LogP contribution in [0.5, 0.6) is 0 Å². The van der Waals surface area contributed by atoms with Gasteiger partial charge in [-0.2, -0.15) is 5.10 Å². The Bertz CT molecular complexity index is 876. The van der Waals surface area contributed by atoms with Gasteiger partial charge in [-0.05, 0) is 25.2 Å². The second-order valence-electron chi connectivity index (χ2n) is 5.63. The monoisotopic (exact) mass is 382 g/mol. The van der Waals surface area contributed by atoms with Gasteiger partial charge >= 0.3 is 0 Å². The molecule has 142 valence electrons. The average molecular weight is 382 g/mol. The molecule has 0 aliphatic heterocycles. The van der Waals surface area contributed by atoms with E-state index in [4.69, 9.17) is 5.14 Å². The lowest BCUT2D eigenvalue weighted by atomic mass is 10.2. The van der Waals surface area contributed by atoms with E-state index in [0.717, 1.165) is 25.7 Å². The number of rotatable bonds is 9. The molecule has 0 fully saturated rings. The van der Waals surface area contributed by atoms with Gasteiger partial charge < -0.3 is 10.2 Å². The van der Waals surface area contributed by atoms with Crippen LogP contribution in [0.2, 0.25) is 0 Å². The maximum atomic E-state index is 11.4. The lowest BCUT2D eigenvalue weighted by Crippen LogP contribution is -2.27. The van der Waals surface area contributed by atoms with Crippen molar-refractivity contribution in [1.29, 1.82) is 0 Å². The number of nitrogens with one attached hydrogen (secondary N) is 1. The van der Waals surface area contributed by atoms with Gasteiger partial charge in [0, 0.05) is 18.8 Å². The Kier molecular flexibility index (Phi) is 6.29. The van der Waals surface area contributed by atoms with E-state index >= 15 is 0 Å². The lowest BCUT2D eigenvalue weighted by molar-refractivity contribution is -0.384. The summed E-state index contributed by atoms with van der Waals surface area (Å²) < 4.78 is 24.5. The number of nitro groups is 1. The fourth-order valence-electron chi connectivity index (χ4n) is 2.43. The summed E-state index contributed by atoms with van der Waals surface area (Å²) in [6.07, 6.45) is 3.29. The summed E-state index contributed by atoms with van der Waals surface area (Å²) in [6, 6.07) is 3.46. The third-order valence-corrected chi connectivity index (χ3v) is 4.86. The predicted molar refractivity (Wildman–Crippen MR) is 97.8 cm³/mol. The molecule has 0 aliphatic rings. The number of nitrogens with zero attached hydrogens (tertiary/aromatic N) is 4. The number of benzene rings is 1. The van der Waals surface area contributed by atoms with Gasteiger partial charge in [0.25, 0.3) is 5.69 Å². The van der Waals surface area contributed by atoms with Gasteiger partial charge in [-0.25, -0.2) is 13.6 Å². The first-order valence-electron chi connectivity index (χ1n) is 8.07. The van der Waals surface area contributed by atoms with Crippen molar-refractivity contribution in [1.82, 2.24) is 14.7 Å². The third-order valence-electron chi connectivity index (χ3n) is 3.95. The van der Waals surface area contributed by atoms with Crippen LogP contribution in [-0.2, 0) is 16.6 Å². The smallest absolute Gasteiger partial charge is 0.294 e. The van der Waals surface area contributed by atoms with Gasteiger partial charge in [-0.15, -0.1) is 0 Å². The first-order chi connectivity index (χ1) is 12.2. The van der Waals surface area contributed by atoms with Crippen LogP contribution < -0.4 is 10.5 Å². The Labute approximate surface area is 151 Å². The van der Waals surface area contributed by atoms with E-state index in [1.807, 2.05) is 0 Å². The van der Waals surface area contributed by atoms with Crippen LogP contribution in [0.25, 0.3) is 0 Å². The topological polar surface area (TPSA) is 136 Å². The molecule has 3 N–H and O–H groups in total. The Morgan fingerprint density at radius 3 is 2.62 bits per heavy atom. The molecule has 0 radical (unpaired) electrons. The minimum Gasteiger partial charge on any atom is -0.347 e. The van der Waals surface area contributed by atoms with Crippen molar-refractivity contribution in [3.63, 3.8) is 0 Å². The maximum absolute atomic E-state index is 11.4. The minimum atomic E-state index is -4.02. The molecule has 11 heteroatoms. The van der Waals surface area contributed by atoms with Crippen LogP contribution in [-0.4, -0.2) is 47.7 Å². The van der Waals surface area contributed by atoms with E-state index in [2.05, 4.69) is 29.2 Å². The van der Waals surface area contributed by atoms with Crippen molar-refractivity contribution in [2.75, 3.05) is 25.0 Å². The Morgan fingerprint density at radius 1 is 1.35 bits per heavy atom. The van der Waals surface area contributed by atoms with Gasteiger partial charge in [0.05, 0.1) is 28.2 Å². The van der Waals surface area contributed by atoms with Gasteiger partial charge in [-0.1, -0.05) is 13.8 Å². The van der Waals surface area contributed by atoms with Crippen LogP contribution in [0.1, 0.15) is 13.8 Å². The van der Waals surface area contributed by atoms with Crippen molar-refractivity contribution in [3.05, 3.63) is 40.7 Å². The number of nitrogens with two attached hydrogens (primary N) is 1. The molecule has 10 nitrogen and oxygen atoms in total. The van der Waals surface area contributed by atoms with E-state index in [1.54, 1.807) is 17.1 Å². The number of hydrogen-bond donors (Lipinski definition) is 2. The normalized spacial score (nSPS) is 11.7. The molecule has 0 saturated carbocycles. The molecular formula is C15H22N6O4S.